The van der Waals surface area contributed by atoms with Crippen molar-refractivity contribution in [1.82, 2.24) is 15.0 Å². The molecular weight excluding hydrogens is 246 g/mol. The highest BCUT2D eigenvalue weighted by Crippen LogP contribution is 2.25. The van der Waals surface area contributed by atoms with Crippen molar-refractivity contribution in [3.63, 3.8) is 0 Å². The zero-order valence-electron chi connectivity index (χ0n) is 10.7. The summed E-state index contributed by atoms with van der Waals surface area (Å²) in [6.45, 7) is 0. The summed E-state index contributed by atoms with van der Waals surface area (Å²) in [5, 5.41) is 2.12. The fraction of sp³-hybridized carbons (Fsp3) is 0. The molecule has 20 heavy (non-hydrogen) atoms. The van der Waals surface area contributed by atoms with E-state index in [0.717, 1.165) is 33.2 Å². The minimum atomic E-state index is 0.738. The largest absolute Gasteiger partial charge is 0.256 e. The molecule has 0 saturated heterocycles. The summed E-state index contributed by atoms with van der Waals surface area (Å²) in [4.78, 5) is 13.5. The van der Waals surface area contributed by atoms with Crippen molar-refractivity contribution < 1.29 is 0 Å². The second-order valence-electron chi connectivity index (χ2n) is 4.63. The van der Waals surface area contributed by atoms with Crippen molar-refractivity contribution in [2.75, 3.05) is 0 Å². The highest BCUT2D eigenvalue weighted by Gasteiger charge is 2.07. The third kappa shape index (κ3) is 1.72. The number of rotatable bonds is 1. The molecule has 0 bridgehead atoms. The minimum Gasteiger partial charge on any atom is -0.256 e. The maximum Gasteiger partial charge on any atom is 0.160 e. The van der Waals surface area contributed by atoms with Crippen LogP contribution in [0, 0.1) is 0 Å². The van der Waals surface area contributed by atoms with Crippen LogP contribution in [0.25, 0.3) is 33.2 Å². The lowest BCUT2D eigenvalue weighted by molar-refractivity contribution is 1.23. The van der Waals surface area contributed by atoms with E-state index in [2.05, 4.69) is 21.0 Å². The number of para-hydroxylation sites is 2. The summed E-state index contributed by atoms with van der Waals surface area (Å²) < 4.78 is 0. The molecule has 4 aromatic rings. The molecule has 2 aromatic carbocycles. The van der Waals surface area contributed by atoms with Gasteiger partial charge >= 0.3 is 0 Å². The van der Waals surface area contributed by atoms with E-state index in [9.17, 15) is 0 Å². The molecule has 4 rings (SSSR count). The molecule has 0 aliphatic rings. The summed E-state index contributed by atoms with van der Waals surface area (Å²) in [6.07, 6.45) is 3.67. The number of fused-ring (bicyclic) bond motifs is 2. The van der Waals surface area contributed by atoms with Crippen molar-refractivity contribution >= 4 is 21.8 Å². The Hall–Kier alpha value is -2.81. The van der Waals surface area contributed by atoms with Gasteiger partial charge < -0.3 is 0 Å². The summed E-state index contributed by atoms with van der Waals surface area (Å²) in [5.74, 6) is 0.738. The molecule has 3 heteroatoms. The number of hydrogen-bond acceptors (Lipinski definition) is 3. The van der Waals surface area contributed by atoms with E-state index in [0.29, 0.717) is 0 Å². The van der Waals surface area contributed by atoms with Gasteiger partial charge in [-0.3, -0.25) is 4.98 Å². The second-order valence-corrected chi connectivity index (χ2v) is 4.63. The van der Waals surface area contributed by atoms with Gasteiger partial charge in [-0.05, 0) is 18.2 Å². The lowest BCUT2D eigenvalue weighted by Crippen LogP contribution is -1.91. The van der Waals surface area contributed by atoms with Gasteiger partial charge in [-0.1, -0.05) is 36.4 Å². The maximum atomic E-state index is 4.66. The Labute approximate surface area is 116 Å². The molecule has 2 heterocycles. The van der Waals surface area contributed by atoms with E-state index in [1.807, 2.05) is 54.7 Å². The standard InChI is InChI=1S/C17H11N3/c1-3-7-15-12(5-1)11-19-17(20-15)14-9-10-18-16-8-4-2-6-13(14)16/h1-11H. The Balaban J connectivity index is 2.01. The average molecular weight is 257 g/mol. The minimum absolute atomic E-state index is 0.738. The van der Waals surface area contributed by atoms with Gasteiger partial charge in [0.1, 0.15) is 0 Å². The predicted molar refractivity (Wildman–Crippen MR) is 80.3 cm³/mol. The van der Waals surface area contributed by atoms with Crippen LogP contribution in [-0.2, 0) is 0 Å². The average Bonchev–Trinajstić information content (AvgIpc) is 2.54. The predicted octanol–water partition coefficient (Wildman–Crippen LogP) is 3.85. The first kappa shape index (κ1) is 11.1. The highest BCUT2D eigenvalue weighted by molar-refractivity contribution is 5.93. The first-order valence-corrected chi connectivity index (χ1v) is 6.48. The summed E-state index contributed by atoms with van der Waals surface area (Å²) in [6, 6.07) is 18.0. The quantitative estimate of drug-likeness (QED) is 0.520. The molecule has 0 amide bonds. The molecule has 0 saturated carbocycles. The fourth-order valence-electron chi connectivity index (χ4n) is 2.39. The van der Waals surface area contributed by atoms with Crippen LogP contribution in [-0.4, -0.2) is 15.0 Å². The molecular formula is C17H11N3. The Kier molecular flexibility index (Phi) is 2.42. The van der Waals surface area contributed by atoms with E-state index < -0.39 is 0 Å². The topological polar surface area (TPSA) is 38.7 Å². The van der Waals surface area contributed by atoms with E-state index in [-0.39, 0.29) is 0 Å². The van der Waals surface area contributed by atoms with Crippen LogP contribution in [0.1, 0.15) is 0 Å². The van der Waals surface area contributed by atoms with E-state index in [1.54, 1.807) is 6.20 Å². The SMILES string of the molecule is c1ccc2nc(-c3ccnc4ccccc34)ncc2c1. The van der Waals surface area contributed by atoms with Crippen LogP contribution in [0.3, 0.4) is 0 Å². The van der Waals surface area contributed by atoms with Crippen LogP contribution in [0.2, 0.25) is 0 Å². The van der Waals surface area contributed by atoms with E-state index in [4.69, 9.17) is 0 Å². The van der Waals surface area contributed by atoms with Crippen LogP contribution in [0.5, 0.6) is 0 Å². The number of hydrogen-bond donors (Lipinski definition) is 0. The Morgan fingerprint density at radius 2 is 1.50 bits per heavy atom. The number of benzene rings is 2. The van der Waals surface area contributed by atoms with Crippen LogP contribution >= 0.6 is 0 Å². The summed E-state index contributed by atoms with van der Waals surface area (Å²) in [7, 11) is 0. The van der Waals surface area contributed by atoms with Gasteiger partial charge in [0, 0.05) is 28.7 Å². The Morgan fingerprint density at radius 3 is 2.45 bits per heavy atom. The van der Waals surface area contributed by atoms with Crippen LogP contribution < -0.4 is 0 Å². The van der Waals surface area contributed by atoms with Crippen molar-refractivity contribution in [1.29, 1.82) is 0 Å². The number of aromatic nitrogens is 3. The third-order valence-corrected chi connectivity index (χ3v) is 3.38. The van der Waals surface area contributed by atoms with Gasteiger partial charge in [-0.2, -0.15) is 0 Å². The van der Waals surface area contributed by atoms with Gasteiger partial charge in [0.15, 0.2) is 5.82 Å². The van der Waals surface area contributed by atoms with Gasteiger partial charge in [-0.15, -0.1) is 0 Å². The molecule has 0 aliphatic carbocycles. The van der Waals surface area contributed by atoms with Crippen molar-refractivity contribution in [3.8, 4) is 11.4 Å². The van der Waals surface area contributed by atoms with Crippen molar-refractivity contribution in [2.24, 2.45) is 0 Å². The molecule has 0 fully saturated rings. The Bertz CT molecular complexity index is 910. The zero-order chi connectivity index (χ0) is 13.4. The van der Waals surface area contributed by atoms with E-state index >= 15 is 0 Å². The van der Waals surface area contributed by atoms with Crippen molar-refractivity contribution in [2.45, 2.75) is 0 Å². The summed E-state index contributed by atoms with van der Waals surface area (Å²) in [5.41, 5.74) is 2.93. The Morgan fingerprint density at radius 1 is 0.700 bits per heavy atom. The number of pyridine rings is 1. The molecule has 0 unspecified atom stereocenters. The fourth-order valence-corrected chi connectivity index (χ4v) is 2.39. The molecule has 0 aliphatic heterocycles. The molecule has 0 atom stereocenters. The second kappa shape index (κ2) is 4.38. The monoisotopic (exact) mass is 257 g/mol. The molecule has 0 N–H and O–H groups in total. The van der Waals surface area contributed by atoms with Gasteiger partial charge in [0.25, 0.3) is 0 Å². The van der Waals surface area contributed by atoms with Crippen LogP contribution in [0.15, 0.2) is 67.0 Å². The highest BCUT2D eigenvalue weighted by atomic mass is 14.9. The lowest BCUT2D eigenvalue weighted by atomic mass is 10.1. The molecule has 0 radical (unpaired) electrons. The van der Waals surface area contributed by atoms with Gasteiger partial charge in [-0.25, -0.2) is 9.97 Å². The normalized spacial score (nSPS) is 11.0. The molecule has 94 valence electrons. The van der Waals surface area contributed by atoms with Crippen molar-refractivity contribution in [3.05, 3.63) is 67.0 Å². The first-order valence-electron chi connectivity index (χ1n) is 6.48. The van der Waals surface area contributed by atoms with E-state index in [1.165, 1.54) is 0 Å². The van der Waals surface area contributed by atoms with Crippen LogP contribution in [0.4, 0.5) is 0 Å². The van der Waals surface area contributed by atoms with Gasteiger partial charge in [0.2, 0.25) is 0 Å². The zero-order valence-corrected chi connectivity index (χ0v) is 10.7. The number of nitrogens with zero attached hydrogens (tertiary/aromatic N) is 3. The first-order chi connectivity index (χ1) is 9.92. The van der Waals surface area contributed by atoms with Gasteiger partial charge in [0.05, 0.1) is 11.0 Å². The third-order valence-electron chi connectivity index (χ3n) is 3.38. The molecule has 2 aromatic heterocycles. The molecule has 0 spiro atoms. The maximum absolute atomic E-state index is 4.66. The lowest BCUT2D eigenvalue weighted by Gasteiger charge is -2.05. The summed E-state index contributed by atoms with van der Waals surface area (Å²) >= 11 is 0. The smallest absolute Gasteiger partial charge is 0.160 e. The molecule has 3 nitrogen and oxygen atoms in total.